The minimum absolute atomic E-state index is 0.0168. The Hall–Kier alpha value is -1.50. The molecule has 8 heteroatoms. The molecule has 0 aliphatic rings. The maximum atomic E-state index is 12.9. The summed E-state index contributed by atoms with van der Waals surface area (Å²) in [5, 5.41) is 0. The van der Waals surface area contributed by atoms with Crippen molar-refractivity contribution in [1.29, 1.82) is 0 Å². The maximum absolute atomic E-state index is 12.9. The molecule has 6 nitrogen and oxygen atoms in total. The van der Waals surface area contributed by atoms with Gasteiger partial charge >= 0.3 is 7.60 Å². The first kappa shape index (κ1) is 26.7. The summed E-state index contributed by atoms with van der Waals surface area (Å²) in [7, 11) is -8.56. The Morgan fingerprint density at radius 1 is 0.812 bits per heavy atom. The molecule has 0 spiro atoms. The second-order valence-corrected chi connectivity index (χ2v) is 11.9. The molecule has 0 amide bonds. The molecule has 1 unspecified atom stereocenters. The molecule has 0 bridgehead atoms. The molecule has 0 saturated heterocycles. The lowest BCUT2D eigenvalue weighted by Gasteiger charge is -2.24. The van der Waals surface area contributed by atoms with E-state index in [1.165, 1.54) is 18.4 Å². The topological polar surface area (TPSA) is 89.9 Å². The van der Waals surface area contributed by atoms with Crippen molar-refractivity contribution in [2.75, 3.05) is 13.2 Å². The monoisotopic (exact) mass is 482 g/mol. The lowest BCUT2D eigenvalue weighted by molar-refractivity contribution is 0.215. The number of aryl methyl sites for hydroxylation is 2. The van der Waals surface area contributed by atoms with Gasteiger partial charge in [0.05, 0.1) is 13.2 Å². The van der Waals surface area contributed by atoms with E-state index in [0.29, 0.717) is 12.8 Å². The largest absolute Gasteiger partial charge is 0.351 e. The molecule has 2 rings (SSSR count). The van der Waals surface area contributed by atoms with Gasteiger partial charge in [-0.1, -0.05) is 61.9 Å². The van der Waals surface area contributed by atoms with Crippen molar-refractivity contribution in [3.63, 3.8) is 0 Å². The van der Waals surface area contributed by atoms with Gasteiger partial charge in [0.2, 0.25) is 0 Å². The Bertz CT molecular complexity index is 961. The second kappa shape index (κ2) is 12.7. The van der Waals surface area contributed by atoms with E-state index < -0.39 is 22.7 Å². The molecule has 32 heavy (non-hydrogen) atoms. The normalized spacial score (nSPS) is 13.2. The van der Waals surface area contributed by atoms with Crippen molar-refractivity contribution >= 4 is 17.7 Å². The van der Waals surface area contributed by atoms with E-state index in [-0.39, 0.29) is 19.6 Å². The predicted molar refractivity (Wildman–Crippen MR) is 130 cm³/mol. The number of hydrogen-bond donors (Lipinski definition) is 1. The molecule has 0 aliphatic heterocycles. The summed E-state index contributed by atoms with van der Waals surface area (Å²) in [6.45, 7) is 5.46. The van der Waals surface area contributed by atoms with E-state index in [2.05, 4.69) is 31.2 Å². The number of rotatable bonds is 14. The first-order valence-corrected chi connectivity index (χ1v) is 14.4. The molecule has 0 aliphatic carbocycles. The number of hydrogen-bond acceptors (Lipinski definition) is 5. The maximum Gasteiger partial charge on any atom is 0.351 e. The summed E-state index contributed by atoms with van der Waals surface area (Å²) in [4.78, 5) is -1.58. The van der Waals surface area contributed by atoms with Crippen LogP contribution in [0.3, 0.4) is 0 Å². The van der Waals surface area contributed by atoms with Crippen molar-refractivity contribution in [1.82, 2.24) is 0 Å². The smallest absolute Gasteiger partial charge is 0.308 e. The minimum Gasteiger partial charge on any atom is -0.308 e. The highest BCUT2D eigenvalue weighted by Crippen LogP contribution is 2.56. The number of benzene rings is 2. The lowest BCUT2D eigenvalue weighted by atomic mass is 9.99. The van der Waals surface area contributed by atoms with Crippen LogP contribution in [0.2, 0.25) is 0 Å². The van der Waals surface area contributed by atoms with Crippen LogP contribution in [0.15, 0.2) is 48.5 Å². The van der Waals surface area contributed by atoms with Gasteiger partial charge in [-0.15, -0.1) is 0 Å². The van der Waals surface area contributed by atoms with Crippen LogP contribution in [0.4, 0.5) is 0 Å². The summed E-state index contributed by atoms with van der Waals surface area (Å²) in [6.07, 6.45) is 4.46. The Kier molecular flexibility index (Phi) is 10.6. The van der Waals surface area contributed by atoms with Crippen molar-refractivity contribution in [2.24, 2.45) is 0 Å². The van der Waals surface area contributed by atoms with E-state index in [1.807, 2.05) is 24.3 Å². The molecule has 0 radical (unpaired) electrons. The third kappa shape index (κ3) is 7.82. The average molecular weight is 483 g/mol. The molecule has 0 heterocycles. The average Bonchev–Trinajstić information content (AvgIpc) is 2.75. The fourth-order valence-corrected chi connectivity index (χ4v) is 7.38. The van der Waals surface area contributed by atoms with Gasteiger partial charge < -0.3 is 9.05 Å². The van der Waals surface area contributed by atoms with Gasteiger partial charge in [-0.3, -0.25) is 9.12 Å². The van der Waals surface area contributed by atoms with Crippen LogP contribution in [0.25, 0.3) is 11.1 Å². The van der Waals surface area contributed by atoms with Gasteiger partial charge in [0.15, 0.2) is 4.99 Å². The molecule has 0 fully saturated rings. The molecular weight excluding hydrogens is 447 g/mol. The van der Waals surface area contributed by atoms with E-state index in [9.17, 15) is 17.5 Å². The summed E-state index contributed by atoms with van der Waals surface area (Å²) in [6, 6.07) is 16.7. The Morgan fingerprint density at radius 3 is 1.62 bits per heavy atom. The van der Waals surface area contributed by atoms with Crippen LogP contribution in [-0.4, -0.2) is 31.2 Å². The van der Waals surface area contributed by atoms with Crippen LogP contribution < -0.4 is 0 Å². The molecular formula is C24H35O6PS. The molecule has 0 saturated carbocycles. The lowest BCUT2D eigenvalue weighted by Crippen LogP contribution is -2.23. The van der Waals surface area contributed by atoms with Gasteiger partial charge in [0, 0.05) is 0 Å². The first-order valence-electron chi connectivity index (χ1n) is 11.3. The zero-order valence-electron chi connectivity index (χ0n) is 19.2. The summed E-state index contributed by atoms with van der Waals surface area (Å²) >= 11 is 0. The molecule has 1 atom stereocenters. The SMILES string of the molecule is CCCCc1ccc(-c2ccc(CCCC(P(=O)(OCC)OCC)S(=O)(=O)O)cc2)cc1. The third-order valence-electron chi connectivity index (χ3n) is 5.29. The summed E-state index contributed by atoms with van der Waals surface area (Å²) < 4.78 is 56.6. The Labute approximate surface area is 192 Å². The quantitative estimate of drug-likeness (QED) is 0.244. The Morgan fingerprint density at radius 2 is 1.25 bits per heavy atom. The van der Waals surface area contributed by atoms with Gasteiger partial charge in [0.25, 0.3) is 10.1 Å². The summed E-state index contributed by atoms with van der Waals surface area (Å²) in [5.41, 5.74) is 4.64. The molecule has 1 N–H and O–H groups in total. The molecule has 2 aromatic carbocycles. The highest BCUT2D eigenvalue weighted by molar-refractivity contribution is 7.94. The standard InChI is InChI=1S/C24H35O6PS/c1-4-7-9-20-12-16-22(17-13-20)23-18-14-21(15-19-23)10-8-11-24(32(26,27)28)31(25,29-5-2)30-6-3/h12-19,24H,4-11H2,1-3H3,(H,26,27,28). The zero-order chi connectivity index (χ0) is 23.6. The first-order chi connectivity index (χ1) is 15.2. The van der Waals surface area contributed by atoms with E-state index in [4.69, 9.17) is 9.05 Å². The van der Waals surface area contributed by atoms with E-state index >= 15 is 0 Å². The van der Waals surface area contributed by atoms with E-state index in [0.717, 1.165) is 23.1 Å². The highest BCUT2D eigenvalue weighted by Gasteiger charge is 2.43. The van der Waals surface area contributed by atoms with Crippen LogP contribution >= 0.6 is 7.60 Å². The summed E-state index contributed by atoms with van der Waals surface area (Å²) in [5.74, 6) is 0. The van der Waals surface area contributed by atoms with Crippen molar-refractivity contribution in [2.45, 2.75) is 64.3 Å². The van der Waals surface area contributed by atoms with Crippen LogP contribution in [-0.2, 0) is 36.6 Å². The zero-order valence-corrected chi connectivity index (χ0v) is 20.9. The molecule has 0 aromatic heterocycles. The predicted octanol–water partition coefficient (Wildman–Crippen LogP) is 6.50. The highest BCUT2D eigenvalue weighted by atomic mass is 32.2. The fourth-order valence-electron chi connectivity index (χ4n) is 3.62. The van der Waals surface area contributed by atoms with Crippen LogP contribution in [0.5, 0.6) is 0 Å². The van der Waals surface area contributed by atoms with Crippen LogP contribution in [0.1, 0.15) is 57.6 Å². The van der Waals surface area contributed by atoms with Crippen molar-refractivity contribution < 1.29 is 26.6 Å². The van der Waals surface area contributed by atoms with E-state index in [1.54, 1.807) is 13.8 Å². The fraction of sp³-hybridized carbons (Fsp3) is 0.500. The second-order valence-electron chi connectivity index (χ2n) is 7.73. The number of unbranched alkanes of at least 4 members (excludes halogenated alkanes) is 1. The molecule has 178 valence electrons. The van der Waals surface area contributed by atoms with Crippen LogP contribution in [0, 0.1) is 0 Å². The van der Waals surface area contributed by atoms with Crippen molar-refractivity contribution in [3.05, 3.63) is 59.7 Å². The molecule has 2 aromatic rings. The van der Waals surface area contributed by atoms with Gasteiger partial charge in [-0.25, -0.2) is 0 Å². The van der Waals surface area contributed by atoms with Gasteiger partial charge in [-0.2, -0.15) is 8.42 Å². The third-order valence-corrected chi connectivity index (χ3v) is 9.99. The van der Waals surface area contributed by atoms with Gasteiger partial charge in [0.1, 0.15) is 0 Å². The van der Waals surface area contributed by atoms with Gasteiger partial charge in [-0.05, 0) is 68.2 Å². The minimum atomic E-state index is -4.59. The Balaban J connectivity index is 2.01. The van der Waals surface area contributed by atoms with Crippen molar-refractivity contribution in [3.8, 4) is 11.1 Å².